The molecule has 22 heavy (non-hydrogen) atoms. The van der Waals surface area contributed by atoms with E-state index in [0.29, 0.717) is 25.4 Å². The molecule has 1 rings (SSSR count). The molecule has 0 bridgehead atoms. The molecule has 0 saturated carbocycles. The number of hydrogen-bond donors (Lipinski definition) is 1. The van der Waals surface area contributed by atoms with Crippen LogP contribution in [0.1, 0.15) is 37.2 Å². The lowest BCUT2D eigenvalue weighted by molar-refractivity contribution is -0.121. The summed E-state index contributed by atoms with van der Waals surface area (Å²) in [7, 11) is 1.58. The highest BCUT2D eigenvalue weighted by Crippen LogP contribution is 2.09. The van der Waals surface area contributed by atoms with Crippen molar-refractivity contribution in [3.63, 3.8) is 0 Å². The summed E-state index contributed by atoms with van der Waals surface area (Å²) in [6, 6.07) is 0.0290. The predicted octanol–water partition coefficient (Wildman–Crippen LogP) is 0.870. The van der Waals surface area contributed by atoms with Crippen LogP contribution < -0.4 is 5.32 Å². The second-order valence-corrected chi connectivity index (χ2v) is 4.94. The number of amides is 2. The van der Waals surface area contributed by atoms with Gasteiger partial charge in [-0.1, -0.05) is 6.92 Å². The zero-order valence-electron chi connectivity index (χ0n) is 13.4. The third kappa shape index (κ3) is 5.77. The van der Waals surface area contributed by atoms with E-state index in [-0.39, 0.29) is 24.3 Å². The Morgan fingerprint density at radius 1 is 1.41 bits per heavy atom. The van der Waals surface area contributed by atoms with Gasteiger partial charge in [0, 0.05) is 45.1 Å². The number of nitrogens with one attached hydrogen (secondary N) is 1. The fourth-order valence-corrected chi connectivity index (χ4v) is 1.90. The highest BCUT2D eigenvalue weighted by atomic mass is 16.5. The Labute approximate surface area is 131 Å². The van der Waals surface area contributed by atoms with Crippen LogP contribution in [-0.4, -0.2) is 59.5 Å². The maximum atomic E-state index is 12.5. The normalized spacial score (nSPS) is 11.8. The number of carbonyl (C=O) groups excluding carboxylic acids is 2. The van der Waals surface area contributed by atoms with Gasteiger partial charge in [0.25, 0.3) is 5.91 Å². The second-order valence-electron chi connectivity index (χ2n) is 4.94. The predicted molar refractivity (Wildman–Crippen MR) is 82.3 cm³/mol. The molecule has 0 saturated heterocycles. The summed E-state index contributed by atoms with van der Waals surface area (Å²) in [6.07, 6.45) is 5.50. The number of aromatic nitrogens is 2. The third-order valence-corrected chi connectivity index (χ3v) is 3.37. The van der Waals surface area contributed by atoms with Crippen LogP contribution in [0.3, 0.4) is 0 Å². The lowest BCUT2D eigenvalue weighted by Gasteiger charge is -2.28. The average Bonchev–Trinajstić information content (AvgIpc) is 2.55. The standard InChI is InChI=1S/C15H24N4O3/c1-4-12(2)19(9-5-14(20)18-8-10-22-3)15(21)13-11-16-6-7-17-13/h6-7,11-12H,4-5,8-10H2,1-3H3,(H,18,20). The Bertz CT molecular complexity index is 467. The van der Waals surface area contributed by atoms with E-state index in [1.807, 2.05) is 13.8 Å². The molecule has 0 aliphatic heterocycles. The van der Waals surface area contributed by atoms with Crippen LogP contribution in [0, 0.1) is 0 Å². The maximum Gasteiger partial charge on any atom is 0.274 e. The summed E-state index contributed by atoms with van der Waals surface area (Å²) >= 11 is 0. The molecule has 1 heterocycles. The molecule has 0 spiro atoms. The summed E-state index contributed by atoms with van der Waals surface area (Å²) in [5.74, 6) is -0.301. The summed E-state index contributed by atoms with van der Waals surface area (Å²) < 4.78 is 4.88. The minimum Gasteiger partial charge on any atom is -0.383 e. The van der Waals surface area contributed by atoms with Crippen molar-refractivity contribution in [1.82, 2.24) is 20.2 Å². The van der Waals surface area contributed by atoms with E-state index in [1.54, 1.807) is 12.0 Å². The molecule has 2 amide bonds. The van der Waals surface area contributed by atoms with E-state index < -0.39 is 0 Å². The third-order valence-electron chi connectivity index (χ3n) is 3.37. The van der Waals surface area contributed by atoms with Crippen molar-refractivity contribution in [2.24, 2.45) is 0 Å². The number of hydrogen-bond acceptors (Lipinski definition) is 5. The molecule has 122 valence electrons. The van der Waals surface area contributed by atoms with Gasteiger partial charge in [-0.15, -0.1) is 0 Å². The first kappa shape index (κ1) is 18.0. The summed E-state index contributed by atoms with van der Waals surface area (Å²) in [6.45, 7) is 5.25. The Morgan fingerprint density at radius 3 is 2.77 bits per heavy atom. The number of methoxy groups -OCH3 is 1. The Hall–Kier alpha value is -2.02. The first-order valence-electron chi connectivity index (χ1n) is 7.42. The smallest absolute Gasteiger partial charge is 0.274 e. The molecular weight excluding hydrogens is 284 g/mol. The van der Waals surface area contributed by atoms with Crippen LogP contribution in [0.15, 0.2) is 18.6 Å². The molecule has 0 aliphatic rings. The Morgan fingerprint density at radius 2 is 2.18 bits per heavy atom. The SMILES string of the molecule is CCC(C)N(CCC(=O)NCCOC)C(=O)c1cnccn1. The number of carbonyl (C=O) groups is 2. The van der Waals surface area contributed by atoms with Gasteiger partial charge in [0.2, 0.25) is 5.91 Å². The largest absolute Gasteiger partial charge is 0.383 e. The Kier molecular flexibility index (Phi) is 8.06. The van der Waals surface area contributed by atoms with Gasteiger partial charge in [0.15, 0.2) is 0 Å². The van der Waals surface area contributed by atoms with E-state index in [0.717, 1.165) is 6.42 Å². The molecule has 1 atom stereocenters. The van der Waals surface area contributed by atoms with Crippen LogP contribution in [0.5, 0.6) is 0 Å². The van der Waals surface area contributed by atoms with Crippen LogP contribution in [0.2, 0.25) is 0 Å². The summed E-state index contributed by atoms with van der Waals surface area (Å²) in [5, 5.41) is 2.74. The number of rotatable bonds is 9. The van der Waals surface area contributed by atoms with Crippen molar-refractivity contribution in [3.05, 3.63) is 24.3 Å². The van der Waals surface area contributed by atoms with Crippen molar-refractivity contribution >= 4 is 11.8 Å². The minimum atomic E-state index is -0.202. The van der Waals surface area contributed by atoms with Crippen LogP contribution in [0.4, 0.5) is 0 Å². The Balaban J connectivity index is 2.62. The van der Waals surface area contributed by atoms with Crippen molar-refractivity contribution < 1.29 is 14.3 Å². The molecule has 1 unspecified atom stereocenters. The first-order chi connectivity index (χ1) is 10.6. The van der Waals surface area contributed by atoms with E-state index in [9.17, 15) is 9.59 Å². The topological polar surface area (TPSA) is 84.4 Å². The second kappa shape index (κ2) is 9.83. The van der Waals surface area contributed by atoms with Crippen LogP contribution >= 0.6 is 0 Å². The quantitative estimate of drug-likeness (QED) is 0.684. The molecule has 1 N–H and O–H groups in total. The molecule has 0 aliphatic carbocycles. The van der Waals surface area contributed by atoms with E-state index >= 15 is 0 Å². The molecule has 0 aromatic carbocycles. The minimum absolute atomic E-state index is 0.0290. The van der Waals surface area contributed by atoms with Crippen LogP contribution in [0.25, 0.3) is 0 Å². The van der Waals surface area contributed by atoms with Crippen molar-refractivity contribution in [2.75, 3.05) is 26.8 Å². The lowest BCUT2D eigenvalue weighted by atomic mass is 10.2. The van der Waals surface area contributed by atoms with Gasteiger partial charge in [-0.05, 0) is 13.3 Å². The van der Waals surface area contributed by atoms with E-state index in [4.69, 9.17) is 4.74 Å². The van der Waals surface area contributed by atoms with E-state index in [1.165, 1.54) is 18.6 Å². The molecule has 1 aromatic heterocycles. The van der Waals surface area contributed by atoms with Gasteiger partial charge in [0.05, 0.1) is 12.8 Å². The van der Waals surface area contributed by atoms with E-state index in [2.05, 4.69) is 15.3 Å². The highest BCUT2D eigenvalue weighted by Gasteiger charge is 2.22. The van der Waals surface area contributed by atoms with Crippen molar-refractivity contribution in [3.8, 4) is 0 Å². The maximum absolute atomic E-state index is 12.5. The number of ether oxygens (including phenoxy) is 1. The fraction of sp³-hybridized carbons (Fsp3) is 0.600. The molecule has 0 radical (unpaired) electrons. The van der Waals surface area contributed by atoms with Crippen molar-refractivity contribution in [2.45, 2.75) is 32.7 Å². The first-order valence-corrected chi connectivity index (χ1v) is 7.42. The molecule has 0 fully saturated rings. The monoisotopic (exact) mass is 308 g/mol. The van der Waals surface area contributed by atoms with Gasteiger partial charge >= 0.3 is 0 Å². The number of nitrogens with zero attached hydrogens (tertiary/aromatic N) is 3. The lowest BCUT2D eigenvalue weighted by Crippen LogP contribution is -2.41. The summed E-state index contributed by atoms with van der Waals surface area (Å²) in [4.78, 5) is 33.9. The van der Waals surface area contributed by atoms with Gasteiger partial charge in [0.1, 0.15) is 5.69 Å². The molecular formula is C15H24N4O3. The molecule has 7 nitrogen and oxygen atoms in total. The van der Waals surface area contributed by atoms with Gasteiger partial charge in [-0.3, -0.25) is 14.6 Å². The fourth-order valence-electron chi connectivity index (χ4n) is 1.90. The molecule has 7 heteroatoms. The van der Waals surface area contributed by atoms with Gasteiger partial charge in [-0.25, -0.2) is 4.98 Å². The van der Waals surface area contributed by atoms with Crippen LogP contribution in [-0.2, 0) is 9.53 Å². The van der Waals surface area contributed by atoms with Gasteiger partial charge < -0.3 is 15.0 Å². The van der Waals surface area contributed by atoms with Gasteiger partial charge in [-0.2, -0.15) is 0 Å². The summed E-state index contributed by atoms with van der Waals surface area (Å²) in [5.41, 5.74) is 0.294. The zero-order valence-corrected chi connectivity index (χ0v) is 13.4. The van der Waals surface area contributed by atoms with Crippen molar-refractivity contribution in [1.29, 1.82) is 0 Å². The average molecular weight is 308 g/mol. The zero-order chi connectivity index (χ0) is 16.4. The highest BCUT2D eigenvalue weighted by molar-refractivity contribution is 5.92. The molecule has 1 aromatic rings.